The predicted molar refractivity (Wildman–Crippen MR) is 55.5 cm³/mol. The molecular weight excluding hydrogens is 174 g/mol. The van der Waals surface area contributed by atoms with Gasteiger partial charge in [-0.25, -0.2) is 0 Å². The largest absolute Gasteiger partial charge is 0.399 e. The zero-order valence-electron chi connectivity index (χ0n) is 7.96. The molecule has 0 saturated carbocycles. The first-order chi connectivity index (χ1) is 6.81. The highest BCUT2D eigenvalue weighted by molar-refractivity contribution is 5.51. The van der Waals surface area contributed by atoms with Crippen molar-refractivity contribution in [3.05, 3.63) is 29.3 Å². The number of hydrogen-bond donors (Lipinski definition) is 2. The first-order valence-corrected chi connectivity index (χ1v) is 4.84. The highest BCUT2D eigenvalue weighted by Crippen LogP contribution is 2.26. The Balaban J connectivity index is 2.37. The van der Waals surface area contributed by atoms with Gasteiger partial charge in [-0.05, 0) is 37.1 Å². The van der Waals surface area contributed by atoms with Crippen LogP contribution in [0.3, 0.4) is 0 Å². The molecule has 0 bridgehead atoms. The molecule has 1 aromatic carbocycles. The molecule has 1 fully saturated rings. The van der Waals surface area contributed by atoms with E-state index in [-0.39, 0.29) is 0 Å². The maximum atomic E-state index is 8.97. The van der Waals surface area contributed by atoms with Crippen molar-refractivity contribution >= 4 is 5.69 Å². The number of nitrogen functional groups attached to an aromatic ring is 1. The van der Waals surface area contributed by atoms with Crippen molar-refractivity contribution in [3.63, 3.8) is 0 Å². The van der Waals surface area contributed by atoms with Crippen LogP contribution in [0.1, 0.15) is 30.0 Å². The number of nitrogens with two attached hydrogens (primary N) is 1. The molecule has 1 aliphatic rings. The van der Waals surface area contributed by atoms with Crippen molar-refractivity contribution in [2.75, 3.05) is 12.3 Å². The average Bonchev–Trinajstić information content (AvgIpc) is 2.70. The molecule has 3 heteroatoms. The maximum Gasteiger partial charge on any atom is 0.0995 e. The number of nitrogens with one attached hydrogen (secondary N) is 1. The highest BCUT2D eigenvalue weighted by atomic mass is 14.9. The van der Waals surface area contributed by atoms with Crippen LogP contribution in [0.15, 0.2) is 18.2 Å². The predicted octanol–water partition coefficient (Wildman–Crippen LogP) is 1.56. The highest BCUT2D eigenvalue weighted by Gasteiger charge is 2.18. The van der Waals surface area contributed by atoms with Gasteiger partial charge < -0.3 is 11.1 Å². The lowest BCUT2D eigenvalue weighted by Gasteiger charge is -2.12. The van der Waals surface area contributed by atoms with Gasteiger partial charge >= 0.3 is 0 Å². The molecule has 72 valence electrons. The molecule has 1 aromatic rings. The van der Waals surface area contributed by atoms with Crippen molar-refractivity contribution in [2.45, 2.75) is 18.9 Å². The number of benzene rings is 1. The third-order valence-electron chi connectivity index (χ3n) is 2.63. The van der Waals surface area contributed by atoms with Gasteiger partial charge in [0.05, 0.1) is 11.6 Å². The molecule has 14 heavy (non-hydrogen) atoms. The van der Waals surface area contributed by atoms with E-state index in [2.05, 4.69) is 11.4 Å². The second kappa shape index (κ2) is 3.69. The van der Waals surface area contributed by atoms with Crippen molar-refractivity contribution in [1.82, 2.24) is 5.32 Å². The number of nitrogens with zero attached hydrogens (tertiary/aromatic N) is 1. The minimum Gasteiger partial charge on any atom is -0.399 e. The summed E-state index contributed by atoms with van der Waals surface area (Å²) in [6.45, 7) is 1.04. The van der Waals surface area contributed by atoms with E-state index < -0.39 is 0 Å². The van der Waals surface area contributed by atoms with Gasteiger partial charge in [0.2, 0.25) is 0 Å². The molecule has 3 N–H and O–H groups in total. The molecular formula is C11H13N3. The van der Waals surface area contributed by atoms with E-state index in [1.165, 1.54) is 6.42 Å². The number of rotatable bonds is 1. The summed E-state index contributed by atoms with van der Waals surface area (Å²) in [6.07, 6.45) is 2.29. The van der Waals surface area contributed by atoms with Crippen LogP contribution >= 0.6 is 0 Å². The van der Waals surface area contributed by atoms with E-state index in [1.54, 1.807) is 6.07 Å². The fourth-order valence-corrected chi connectivity index (χ4v) is 1.92. The van der Waals surface area contributed by atoms with Crippen LogP contribution < -0.4 is 11.1 Å². The van der Waals surface area contributed by atoms with Gasteiger partial charge in [0, 0.05) is 11.7 Å². The van der Waals surface area contributed by atoms with Gasteiger partial charge in [-0.2, -0.15) is 5.26 Å². The molecule has 1 saturated heterocycles. The van der Waals surface area contributed by atoms with E-state index in [1.807, 2.05) is 12.1 Å². The lowest BCUT2D eigenvalue weighted by atomic mass is 9.99. The molecule has 1 aliphatic heterocycles. The SMILES string of the molecule is N#Cc1cc(N)ccc1[C@H]1CCCN1. The van der Waals surface area contributed by atoms with E-state index in [4.69, 9.17) is 11.0 Å². The monoisotopic (exact) mass is 187 g/mol. The van der Waals surface area contributed by atoms with E-state index in [0.717, 1.165) is 18.5 Å². The topological polar surface area (TPSA) is 61.8 Å². The lowest BCUT2D eigenvalue weighted by Crippen LogP contribution is -2.14. The second-order valence-electron chi connectivity index (χ2n) is 3.61. The third kappa shape index (κ3) is 1.57. The van der Waals surface area contributed by atoms with Crippen LogP contribution in [0.5, 0.6) is 0 Å². The summed E-state index contributed by atoms with van der Waals surface area (Å²) in [5.74, 6) is 0. The number of nitriles is 1. The molecule has 1 heterocycles. The van der Waals surface area contributed by atoms with Crippen molar-refractivity contribution in [2.24, 2.45) is 0 Å². The van der Waals surface area contributed by atoms with Gasteiger partial charge in [-0.3, -0.25) is 0 Å². The van der Waals surface area contributed by atoms with Gasteiger partial charge in [-0.1, -0.05) is 6.07 Å². The van der Waals surface area contributed by atoms with Crippen LogP contribution in [0.25, 0.3) is 0 Å². The van der Waals surface area contributed by atoms with Gasteiger partial charge in [-0.15, -0.1) is 0 Å². The van der Waals surface area contributed by atoms with Crippen LogP contribution in [0.2, 0.25) is 0 Å². The quantitative estimate of drug-likeness (QED) is 0.656. The van der Waals surface area contributed by atoms with Crippen LogP contribution in [0.4, 0.5) is 5.69 Å². The van der Waals surface area contributed by atoms with Gasteiger partial charge in [0.1, 0.15) is 0 Å². The minimum atomic E-state index is 0.338. The average molecular weight is 187 g/mol. The maximum absolute atomic E-state index is 8.97. The molecule has 3 nitrogen and oxygen atoms in total. The van der Waals surface area contributed by atoms with Gasteiger partial charge in [0.15, 0.2) is 0 Å². The normalized spacial score (nSPS) is 20.6. The number of hydrogen-bond acceptors (Lipinski definition) is 3. The number of anilines is 1. The summed E-state index contributed by atoms with van der Waals surface area (Å²) in [5.41, 5.74) is 8.07. The summed E-state index contributed by atoms with van der Waals surface area (Å²) in [7, 11) is 0. The zero-order valence-corrected chi connectivity index (χ0v) is 7.96. The fraction of sp³-hybridized carbons (Fsp3) is 0.364. The summed E-state index contributed by atoms with van der Waals surface area (Å²) in [6, 6.07) is 8.09. The van der Waals surface area contributed by atoms with Crippen molar-refractivity contribution in [1.29, 1.82) is 5.26 Å². The molecule has 2 rings (SSSR count). The van der Waals surface area contributed by atoms with Crippen molar-refractivity contribution < 1.29 is 0 Å². The Morgan fingerprint density at radius 2 is 2.36 bits per heavy atom. The second-order valence-corrected chi connectivity index (χ2v) is 3.61. The first kappa shape index (κ1) is 9.04. The Kier molecular flexibility index (Phi) is 2.38. The fourth-order valence-electron chi connectivity index (χ4n) is 1.92. The van der Waals surface area contributed by atoms with Gasteiger partial charge in [0.25, 0.3) is 0 Å². The molecule has 0 aliphatic carbocycles. The molecule has 0 amide bonds. The first-order valence-electron chi connectivity index (χ1n) is 4.84. The lowest BCUT2D eigenvalue weighted by molar-refractivity contribution is 0.646. The van der Waals surface area contributed by atoms with Crippen LogP contribution in [-0.2, 0) is 0 Å². The van der Waals surface area contributed by atoms with E-state index in [9.17, 15) is 0 Å². The summed E-state index contributed by atoms with van der Waals surface area (Å²) >= 11 is 0. The Morgan fingerprint density at radius 1 is 1.50 bits per heavy atom. The molecule has 1 atom stereocenters. The smallest absolute Gasteiger partial charge is 0.0995 e. The summed E-state index contributed by atoms with van der Waals surface area (Å²) < 4.78 is 0. The van der Waals surface area contributed by atoms with Crippen LogP contribution in [-0.4, -0.2) is 6.54 Å². The molecule has 0 spiro atoms. The molecule has 0 radical (unpaired) electrons. The minimum absolute atomic E-state index is 0.338. The summed E-state index contributed by atoms with van der Waals surface area (Å²) in [4.78, 5) is 0. The standard InChI is InChI=1S/C11H13N3/c12-7-8-6-9(13)3-4-10(8)11-2-1-5-14-11/h3-4,6,11,14H,1-2,5,13H2/t11-/m1/s1. The summed E-state index contributed by atoms with van der Waals surface area (Å²) in [5, 5.41) is 12.3. The zero-order chi connectivity index (χ0) is 9.97. The molecule has 0 aromatic heterocycles. The Hall–Kier alpha value is -1.53. The van der Waals surface area contributed by atoms with E-state index >= 15 is 0 Å². The Bertz CT molecular complexity index is 373. The Morgan fingerprint density at radius 3 is 3.00 bits per heavy atom. The van der Waals surface area contributed by atoms with Crippen molar-refractivity contribution in [3.8, 4) is 6.07 Å². The Labute approximate surface area is 83.5 Å². The third-order valence-corrected chi connectivity index (χ3v) is 2.63. The molecule has 0 unspecified atom stereocenters. The van der Waals surface area contributed by atoms with E-state index in [0.29, 0.717) is 17.3 Å². The van der Waals surface area contributed by atoms with Crippen LogP contribution in [0, 0.1) is 11.3 Å².